The highest BCUT2D eigenvalue weighted by atomic mass is 16.5. The second-order valence-electron chi connectivity index (χ2n) is 2.44. The Hall–Kier alpha value is -1.61. The molecular formula is C8H13N3O3. The molecule has 0 heterocycles. The van der Waals surface area contributed by atoms with Crippen LogP contribution in [0.3, 0.4) is 0 Å². The maximum absolute atomic E-state index is 10.9. The van der Waals surface area contributed by atoms with Crippen LogP contribution in [0.2, 0.25) is 0 Å². The van der Waals surface area contributed by atoms with Gasteiger partial charge in [0.1, 0.15) is 6.54 Å². The minimum Gasteiger partial charge on any atom is -0.469 e. The van der Waals surface area contributed by atoms with Crippen molar-refractivity contribution in [1.29, 1.82) is 5.26 Å². The molecule has 0 aliphatic rings. The van der Waals surface area contributed by atoms with Gasteiger partial charge >= 0.3 is 5.97 Å². The zero-order valence-corrected chi connectivity index (χ0v) is 8.00. The molecule has 0 aliphatic carbocycles. The number of esters is 1. The third kappa shape index (κ3) is 7.06. The van der Waals surface area contributed by atoms with E-state index in [2.05, 4.69) is 15.4 Å². The largest absolute Gasteiger partial charge is 0.469 e. The number of rotatable bonds is 6. The topological polar surface area (TPSA) is 91.2 Å². The Balaban J connectivity index is 3.32. The second kappa shape index (κ2) is 8.01. The van der Waals surface area contributed by atoms with E-state index in [9.17, 15) is 9.59 Å². The molecule has 0 aliphatic heterocycles. The zero-order chi connectivity index (χ0) is 10.8. The number of ether oxygens (including phenoxy) is 1. The molecule has 0 rings (SSSR count). The van der Waals surface area contributed by atoms with Gasteiger partial charge in [-0.15, -0.1) is 0 Å². The van der Waals surface area contributed by atoms with Crippen molar-refractivity contribution < 1.29 is 14.3 Å². The van der Waals surface area contributed by atoms with Crippen LogP contribution in [0.1, 0.15) is 6.42 Å². The molecular weight excluding hydrogens is 186 g/mol. The van der Waals surface area contributed by atoms with Gasteiger partial charge in [0, 0.05) is 6.54 Å². The summed E-state index contributed by atoms with van der Waals surface area (Å²) in [6, 6.07) is 1.78. The monoisotopic (exact) mass is 199 g/mol. The Kier molecular flexibility index (Phi) is 7.09. The summed E-state index contributed by atoms with van der Waals surface area (Å²) in [7, 11) is 1.31. The lowest BCUT2D eigenvalue weighted by Gasteiger charge is -2.02. The van der Waals surface area contributed by atoms with Crippen molar-refractivity contribution in [3.63, 3.8) is 0 Å². The van der Waals surface area contributed by atoms with E-state index in [0.717, 1.165) is 0 Å². The molecule has 2 N–H and O–H groups in total. The molecule has 0 atom stereocenters. The maximum Gasteiger partial charge on any atom is 0.306 e. The molecule has 1 amide bonds. The van der Waals surface area contributed by atoms with E-state index in [0.29, 0.717) is 6.54 Å². The summed E-state index contributed by atoms with van der Waals surface area (Å²) in [5.41, 5.74) is 0. The number of carbonyl (C=O) groups is 2. The average molecular weight is 199 g/mol. The molecule has 0 spiro atoms. The van der Waals surface area contributed by atoms with Crippen LogP contribution in [0, 0.1) is 11.3 Å². The van der Waals surface area contributed by atoms with E-state index in [1.54, 1.807) is 6.07 Å². The van der Waals surface area contributed by atoms with E-state index in [-0.39, 0.29) is 31.4 Å². The molecule has 6 heteroatoms. The fourth-order valence-corrected chi connectivity index (χ4v) is 0.695. The van der Waals surface area contributed by atoms with Gasteiger partial charge in [0.2, 0.25) is 5.91 Å². The number of amides is 1. The van der Waals surface area contributed by atoms with Crippen molar-refractivity contribution in [3.8, 4) is 6.07 Å². The summed E-state index contributed by atoms with van der Waals surface area (Å²) >= 11 is 0. The van der Waals surface area contributed by atoms with Crippen LogP contribution in [0.15, 0.2) is 0 Å². The Bertz CT molecular complexity index is 234. The van der Waals surface area contributed by atoms with Crippen LogP contribution >= 0.6 is 0 Å². The first-order chi connectivity index (χ1) is 6.70. The van der Waals surface area contributed by atoms with Gasteiger partial charge in [0.15, 0.2) is 0 Å². The summed E-state index contributed by atoms with van der Waals surface area (Å²) in [5.74, 6) is -0.591. The predicted octanol–water partition coefficient (Wildman–Crippen LogP) is -1.22. The van der Waals surface area contributed by atoms with Gasteiger partial charge in [-0.2, -0.15) is 5.26 Å². The molecule has 6 nitrogen and oxygen atoms in total. The highest BCUT2D eigenvalue weighted by molar-refractivity contribution is 5.78. The normalized spacial score (nSPS) is 8.86. The highest BCUT2D eigenvalue weighted by Gasteiger charge is 2.01. The Labute approximate surface area is 82.2 Å². The number of hydrogen-bond donors (Lipinski definition) is 2. The molecule has 0 fully saturated rings. The van der Waals surface area contributed by atoms with E-state index in [1.165, 1.54) is 7.11 Å². The summed E-state index contributed by atoms with van der Waals surface area (Å²) in [5, 5.41) is 13.2. The highest BCUT2D eigenvalue weighted by Crippen LogP contribution is 1.80. The van der Waals surface area contributed by atoms with Gasteiger partial charge in [-0.3, -0.25) is 9.59 Å². The van der Waals surface area contributed by atoms with Crippen molar-refractivity contribution in [1.82, 2.24) is 10.6 Å². The lowest BCUT2D eigenvalue weighted by atomic mass is 10.4. The van der Waals surface area contributed by atoms with Gasteiger partial charge in [-0.1, -0.05) is 0 Å². The van der Waals surface area contributed by atoms with Gasteiger partial charge in [0.25, 0.3) is 0 Å². The van der Waals surface area contributed by atoms with E-state index >= 15 is 0 Å². The minimum absolute atomic E-state index is 0.00247. The summed E-state index contributed by atoms with van der Waals surface area (Å²) < 4.78 is 4.40. The number of methoxy groups -OCH3 is 1. The molecule has 14 heavy (non-hydrogen) atoms. The Morgan fingerprint density at radius 3 is 2.79 bits per heavy atom. The lowest BCUT2D eigenvalue weighted by molar-refractivity contribution is -0.140. The second-order valence-corrected chi connectivity index (χ2v) is 2.44. The zero-order valence-electron chi connectivity index (χ0n) is 8.00. The number of hydrogen-bond acceptors (Lipinski definition) is 5. The van der Waals surface area contributed by atoms with Crippen LogP contribution < -0.4 is 10.6 Å². The SMILES string of the molecule is COC(=O)CCNCC(=O)NCC#N. The lowest BCUT2D eigenvalue weighted by Crippen LogP contribution is -2.34. The first kappa shape index (κ1) is 12.4. The fraction of sp³-hybridized carbons (Fsp3) is 0.625. The van der Waals surface area contributed by atoms with Crippen LogP contribution in [-0.2, 0) is 14.3 Å². The average Bonchev–Trinajstić information content (AvgIpc) is 2.21. The molecule has 0 aromatic carbocycles. The van der Waals surface area contributed by atoms with Crippen molar-refractivity contribution in [2.24, 2.45) is 0 Å². The van der Waals surface area contributed by atoms with Gasteiger partial charge in [-0.25, -0.2) is 0 Å². The molecule has 0 aromatic heterocycles. The molecule has 0 saturated carbocycles. The molecule has 0 unspecified atom stereocenters. The third-order valence-electron chi connectivity index (χ3n) is 1.38. The van der Waals surface area contributed by atoms with Crippen LogP contribution in [0.5, 0.6) is 0 Å². The molecule has 0 aromatic rings. The minimum atomic E-state index is -0.324. The van der Waals surface area contributed by atoms with Crippen LogP contribution in [-0.4, -0.2) is 38.6 Å². The van der Waals surface area contributed by atoms with Gasteiger partial charge in [-0.05, 0) is 0 Å². The third-order valence-corrected chi connectivity index (χ3v) is 1.38. The quantitative estimate of drug-likeness (QED) is 0.318. The van der Waals surface area contributed by atoms with Crippen LogP contribution in [0.25, 0.3) is 0 Å². The predicted molar refractivity (Wildman–Crippen MR) is 48.1 cm³/mol. The summed E-state index contributed by atoms with van der Waals surface area (Å²) in [6.45, 7) is 0.475. The Morgan fingerprint density at radius 1 is 1.50 bits per heavy atom. The molecule has 0 radical (unpaired) electrons. The summed E-state index contributed by atoms with van der Waals surface area (Å²) in [4.78, 5) is 21.5. The van der Waals surface area contributed by atoms with Crippen molar-refractivity contribution in [2.45, 2.75) is 6.42 Å². The van der Waals surface area contributed by atoms with Crippen LogP contribution in [0.4, 0.5) is 0 Å². The number of nitrogens with zero attached hydrogens (tertiary/aromatic N) is 1. The summed E-state index contributed by atoms with van der Waals surface area (Å²) in [6.07, 6.45) is 0.224. The first-order valence-corrected chi connectivity index (χ1v) is 4.12. The van der Waals surface area contributed by atoms with E-state index < -0.39 is 0 Å². The first-order valence-electron chi connectivity index (χ1n) is 4.12. The van der Waals surface area contributed by atoms with Gasteiger partial charge in [0.05, 0.1) is 26.1 Å². The van der Waals surface area contributed by atoms with E-state index in [4.69, 9.17) is 5.26 Å². The maximum atomic E-state index is 10.9. The molecule has 78 valence electrons. The molecule has 0 saturated heterocycles. The smallest absolute Gasteiger partial charge is 0.306 e. The van der Waals surface area contributed by atoms with Gasteiger partial charge < -0.3 is 15.4 Å². The Morgan fingerprint density at radius 2 is 2.21 bits per heavy atom. The number of nitriles is 1. The number of nitrogens with one attached hydrogen (secondary N) is 2. The van der Waals surface area contributed by atoms with E-state index in [1.807, 2.05) is 0 Å². The van der Waals surface area contributed by atoms with Crippen molar-refractivity contribution in [2.75, 3.05) is 26.7 Å². The number of carbonyl (C=O) groups excluding carboxylic acids is 2. The standard InChI is InChI=1S/C8H13N3O3/c1-14-8(13)2-4-10-6-7(12)11-5-3-9/h10H,2,4-6H2,1H3,(H,11,12). The fourth-order valence-electron chi connectivity index (χ4n) is 0.695. The van der Waals surface area contributed by atoms with Crippen molar-refractivity contribution in [3.05, 3.63) is 0 Å². The van der Waals surface area contributed by atoms with Crippen molar-refractivity contribution >= 4 is 11.9 Å². The molecule has 0 bridgehead atoms.